The average Bonchev–Trinajstić information content (AvgIpc) is 2.77. The summed E-state index contributed by atoms with van der Waals surface area (Å²) in [4.78, 5) is 2.66. The van der Waals surface area contributed by atoms with Gasteiger partial charge < -0.3 is 9.64 Å². The Bertz CT molecular complexity index is 309. The lowest BCUT2D eigenvalue weighted by Gasteiger charge is -2.26. The first-order chi connectivity index (χ1) is 14.9. The lowest BCUT2D eigenvalue weighted by atomic mass is 10.0. The van der Waals surface area contributed by atoms with Gasteiger partial charge in [-0.05, 0) is 58.2 Å². The van der Waals surface area contributed by atoms with E-state index in [1.807, 2.05) is 0 Å². The second-order valence-electron chi connectivity index (χ2n) is 9.92. The summed E-state index contributed by atoms with van der Waals surface area (Å²) in [5.74, 6) is 0. The normalized spacial score (nSPS) is 15.3. The van der Waals surface area contributed by atoms with Gasteiger partial charge in [-0.2, -0.15) is 0 Å². The largest absolute Gasteiger partial charge is 0.378 e. The molecule has 0 amide bonds. The predicted molar refractivity (Wildman–Crippen MR) is 134 cm³/mol. The van der Waals surface area contributed by atoms with Crippen molar-refractivity contribution in [2.45, 2.75) is 155 Å². The number of likely N-dealkylation sites (tertiary alicyclic amines) is 1. The van der Waals surface area contributed by atoms with E-state index in [1.54, 1.807) is 0 Å². The van der Waals surface area contributed by atoms with Crippen LogP contribution in [-0.4, -0.2) is 37.2 Å². The molecule has 1 saturated heterocycles. The maximum atomic E-state index is 6.40. The van der Waals surface area contributed by atoms with Crippen LogP contribution < -0.4 is 0 Å². The molecule has 0 bridgehead atoms. The minimum Gasteiger partial charge on any atom is -0.378 e. The number of ether oxygens (including phenoxy) is 1. The zero-order valence-electron chi connectivity index (χ0n) is 21.1. The molecule has 0 aliphatic carbocycles. The van der Waals surface area contributed by atoms with Crippen LogP contribution in [0.1, 0.15) is 149 Å². The van der Waals surface area contributed by atoms with E-state index >= 15 is 0 Å². The second kappa shape index (κ2) is 22.1. The molecule has 1 aliphatic heterocycles. The van der Waals surface area contributed by atoms with Crippen molar-refractivity contribution < 1.29 is 4.74 Å². The van der Waals surface area contributed by atoms with Crippen molar-refractivity contribution in [2.75, 3.05) is 26.2 Å². The Kier molecular flexibility index (Phi) is 20.6. The van der Waals surface area contributed by atoms with Crippen LogP contribution in [0.15, 0.2) is 0 Å². The molecule has 0 spiro atoms. The zero-order chi connectivity index (χ0) is 21.5. The second-order valence-corrected chi connectivity index (χ2v) is 9.92. The minimum absolute atomic E-state index is 0.534. The van der Waals surface area contributed by atoms with Crippen molar-refractivity contribution in [3.63, 3.8) is 0 Å². The number of nitrogens with zero attached hydrogens (tertiary/aromatic N) is 1. The third kappa shape index (κ3) is 17.6. The highest BCUT2D eigenvalue weighted by molar-refractivity contribution is 4.65. The Morgan fingerprint density at radius 1 is 0.567 bits per heavy atom. The lowest BCUT2D eigenvalue weighted by molar-refractivity contribution is 0.0346. The predicted octanol–water partition coefficient (Wildman–Crippen LogP) is 8.92. The molecular formula is C28H57NO. The van der Waals surface area contributed by atoms with Crippen molar-refractivity contribution in [2.24, 2.45) is 0 Å². The van der Waals surface area contributed by atoms with E-state index in [4.69, 9.17) is 4.74 Å². The molecule has 0 aromatic carbocycles. The minimum atomic E-state index is 0.534. The Labute approximate surface area is 190 Å². The molecule has 1 rings (SSSR count). The zero-order valence-corrected chi connectivity index (χ0v) is 21.1. The number of unbranched alkanes of at least 4 members (excludes halogenated alkanes) is 13. The summed E-state index contributed by atoms with van der Waals surface area (Å²) < 4.78 is 6.40. The number of hydrogen-bond donors (Lipinski definition) is 0. The van der Waals surface area contributed by atoms with E-state index in [9.17, 15) is 0 Å². The van der Waals surface area contributed by atoms with Crippen molar-refractivity contribution in [1.82, 2.24) is 4.90 Å². The van der Waals surface area contributed by atoms with Gasteiger partial charge in [0.15, 0.2) is 0 Å². The van der Waals surface area contributed by atoms with Gasteiger partial charge in [-0.3, -0.25) is 0 Å². The molecule has 1 fully saturated rings. The fourth-order valence-electron chi connectivity index (χ4n) is 4.84. The van der Waals surface area contributed by atoms with Gasteiger partial charge in [0.25, 0.3) is 0 Å². The number of rotatable bonds is 22. The Hall–Kier alpha value is -0.0800. The summed E-state index contributed by atoms with van der Waals surface area (Å²) in [5, 5.41) is 0. The van der Waals surface area contributed by atoms with Crippen molar-refractivity contribution in [1.29, 1.82) is 0 Å². The Morgan fingerprint density at radius 2 is 1.07 bits per heavy atom. The molecule has 0 unspecified atom stereocenters. The molecule has 0 aromatic rings. The number of piperidine rings is 1. The molecule has 0 atom stereocenters. The van der Waals surface area contributed by atoms with E-state index in [1.165, 1.54) is 154 Å². The van der Waals surface area contributed by atoms with Crippen LogP contribution in [0.3, 0.4) is 0 Å². The van der Waals surface area contributed by atoms with E-state index in [0.717, 1.165) is 6.61 Å². The van der Waals surface area contributed by atoms with Crippen LogP contribution in [0.2, 0.25) is 0 Å². The average molecular weight is 424 g/mol. The van der Waals surface area contributed by atoms with Crippen LogP contribution in [0, 0.1) is 0 Å². The summed E-state index contributed by atoms with van der Waals surface area (Å²) in [6, 6.07) is 0. The molecule has 0 aromatic heterocycles. The van der Waals surface area contributed by atoms with Crippen LogP contribution in [0.25, 0.3) is 0 Å². The topological polar surface area (TPSA) is 12.5 Å². The molecule has 2 nitrogen and oxygen atoms in total. The molecule has 0 N–H and O–H groups in total. The Balaban J connectivity index is 2.10. The van der Waals surface area contributed by atoms with Crippen LogP contribution in [0.5, 0.6) is 0 Å². The fraction of sp³-hybridized carbons (Fsp3) is 1.00. The third-order valence-electron chi connectivity index (χ3n) is 6.93. The lowest BCUT2D eigenvalue weighted by Crippen LogP contribution is -2.30. The molecule has 1 aliphatic rings. The molecule has 0 saturated carbocycles. The summed E-state index contributed by atoms with van der Waals surface area (Å²) >= 11 is 0. The highest BCUT2D eigenvalue weighted by Crippen LogP contribution is 2.18. The van der Waals surface area contributed by atoms with Crippen LogP contribution >= 0.6 is 0 Å². The van der Waals surface area contributed by atoms with Gasteiger partial charge in [-0.25, -0.2) is 0 Å². The van der Waals surface area contributed by atoms with Crippen molar-refractivity contribution >= 4 is 0 Å². The smallest absolute Gasteiger partial charge is 0.0575 e. The highest BCUT2D eigenvalue weighted by atomic mass is 16.5. The first-order valence-corrected chi connectivity index (χ1v) is 14.2. The maximum Gasteiger partial charge on any atom is 0.0575 e. The summed E-state index contributed by atoms with van der Waals surface area (Å²) in [5.41, 5.74) is 0. The fourth-order valence-corrected chi connectivity index (χ4v) is 4.84. The van der Waals surface area contributed by atoms with Crippen LogP contribution in [0.4, 0.5) is 0 Å². The summed E-state index contributed by atoms with van der Waals surface area (Å²) in [6.07, 6.45) is 29.7. The van der Waals surface area contributed by atoms with E-state index < -0.39 is 0 Å². The molecular weight excluding hydrogens is 366 g/mol. The number of hydrogen-bond acceptors (Lipinski definition) is 2. The van der Waals surface area contributed by atoms with Gasteiger partial charge in [0.05, 0.1) is 6.10 Å². The van der Waals surface area contributed by atoms with Crippen molar-refractivity contribution in [3.8, 4) is 0 Å². The quantitative estimate of drug-likeness (QED) is 0.161. The SMILES string of the molecule is CCCCCCCCCC(CCCCCCCCC)OCCCCN1CCCCC1. The van der Waals surface area contributed by atoms with Gasteiger partial charge in [0.2, 0.25) is 0 Å². The van der Waals surface area contributed by atoms with Gasteiger partial charge in [-0.15, -0.1) is 0 Å². The molecule has 180 valence electrons. The van der Waals surface area contributed by atoms with Gasteiger partial charge >= 0.3 is 0 Å². The monoisotopic (exact) mass is 423 g/mol. The third-order valence-corrected chi connectivity index (χ3v) is 6.93. The van der Waals surface area contributed by atoms with Gasteiger partial charge in [0.1, 0.15) is 0 Å². The molecule has 30 heavy (non-hydrogen) atoms. The standard InChI is InChI=1S/C28H57NO/c1-3-5-7-9-11-13-16-22-28(23-17-14-12-10-8-6-4-2)30-27-21-20-26-29-24-18-15-19-25-29/h28H,3-27H2,1-2H3. The van der Waals surface area contributed by atoms with Crippen molar-refractivity contribution in [3.05, 3.63) is 0 Å². The maximum absolute atomic E-state index is 6.40. The highest BCUT2D eigenvalue weighted by Gasteiger charge is 2.11. The van der Waals surface area contributed by atoms with Crippen LogP contribution in [-0.2, 0) is 4.74 Å². The first-order valence-electron chi connectivity index (χ1n) is 14.2. The molecule has 2 heteroatoms. The summed E-state index contributed by atoms with van der Waals surface area (Å²) in [6.45, 7) is 9.56. The first kappa shape index (κ1) is 28.0. The van der Waals surface area contributed by atoms with Gasteiger partial charge in [-0.1, -0.05) is 110 Å². The molecule has 0 radical (unpaired) electrons. The van der Waals surface area contributed by atoms with Gasteiger partial charge in [0, 0.05) is 6.61 Å². The molecule has 1 heterocycles. The Morgan fingerprint density at radius 3 is 1.60 bits per heavy atom. The van der Waals surface area contributed by atoms with E-state index in [0.29, 0.717) is 6.10 Å². The van der Waals surface area contributed by atoms with E-state index in [2.05, 4.69) is 18.7 Å². The summed E-state index contributed by atoms with van der Waals surface area (Å²) in [7, 11) is 0. The van der Waals surface area contributed by atoms with E-state index in [-0.39, 0.29) is 0 Å².